The number of amides is 1. The first kappa shape index (κ1) is 18.1. The molecule has 1 amide bonds. The molecular weight excluding hydrogens is 310 g/mol. The van der Waals surface area contributed by atoms with Crippen LogP contribution in [0.15, 0.2) is 18.2 Å². The Bertz CT molecular complexity index is 647. The van der Waals surface area contributed by atoms with Crippen molar-refractivity contribution in [2.75, 3.05) is 13.2 Å². The van der Waals surface area contributed by atoms with Crippen molar-refractivity contribution in [3.63, 3.8) is 0 Å². The maximum absolute atomic E-state index is 12.3. The van der Waals surface area contributed by atoms with E-state index in [4.69, 9.17) is 4.74 Å². The first-order valence-electron chi connectivity index (χ1n) is 8.07. The largest absolute Gasteiger partial charge is 0.480 e. The van der Waals surface area contributed by atoms with Crippen LogP contribution in [0.3, 0.4) is 0 Å². The molecule has 1 saturated heterocycles. The van der Waals surface area contributed by atoms with Gasteiger partial charge in [0.25, 0.3) is 0 Å². The van der Waals surface area contributed by atoms with Crippen LogP contribution in [0.25, 0.3) is 0 Å². The maximum atomic E-state index is 12.3. The van der Waals surface area contributed by atoms with Gasteiger partial charge in [-0.25, -0.2) is 4.79 Å². The Morgan fingerprint density at radius 2 is 1.83 bits per heavy atom. The van der Waals surface area contributed by atoms with Gasteiger partial charge in [0.1, 0.15) is 5.54 Å². The lowest BCUT2D eigenvalue weighted by atomic mass is 9.89. The summed E-state index contributed by atoms with van der Waals surface area (Å²) in [5.74, 6) is -1.58. The SMILES string of the molecule is Cc1ccc(C)c(C(=O)CCC(=O)NC2(C(=O)O)CCOCC2)c1. The number of Topliss-reactive ketones (excluding diaryl/α,β-unsaturated/α-hetero) is 1. The maximum Gasteiger partial charge on any atom is 0.329 e. The molecule has 2 rings (SSSR count). The van der Waals surface area contributed by atoms with Crippen molar-refractivity contribution in [3.05, 3.63) is 34.9 Å². The van der Waals surface area contributed by atoms with Crippen LogP contribution in [0.1, 0.15) is 47.2 Å². The van der Waals surface area contributed by atoms with E-state index in [0.717, 1.165) is 11.1 Å². The van der Waals surface area contributed by atoms with Gasteiger partial charge in [-0.15, -0.1) is 0 Å². The number of ketones is 1. The monoisotopic (exact) mass is 333 g/mol. The number of carbonyl (C=O) groups excluding carboxylic acids is 2. The van der Waals surface area contributed by atoms with Crippen molar-refractivity contribution >= 4 is 17.7 Å². The number of ether oxygens (including phenoxy) is 1. The summed E-state index contributed by atoms with van der Waals surface area (Å²) < 4.78 is 5.17. The van der Waals surface area contributed by atoms with Crippen LogP contribution in [-0.4, -0.2) is 41.5 Å². The van der Waals surface area contributed by atoms with Crippen LogP contribution in [-0.2, 0) is 14.3 Å². The summed E-state index contributed by atoms with van der Waals surface area (Å²) in [5.41, 5.74) is 1.19. The number of hydrogen-bond donors (Lipinski definition) is 2. The summed E-state index contributed by atoms with van der Waals surface area (Å²) >= 11 is 0. The third-order valence-electron chi connectivity index (χ3n) is 4.41. The molecule has 1 aliphatic rings. The van der Waals surface area contributed by atoms with E-state index in [2.05, 4.69) is 5.32 Å². The predicted molar refractivity (Wildman–Crippen MR) is 88.0 cm³/mol. The van der Waals surface area contributed by atoms with Gasteiger partial charge in [0, 0.05) is 44.5 Å². The Kier molecular flexibility index (Phi) is 5.72. The van der Waals surface area contributed by atoms with Crippen LogP contribution in [0.4, 0.5) is 0 Å². The van der Waals surface area contributed by atoms with E-state index in [-0.39, 0.29) is 31.5 Å². The van der Waals surface area contributed by atoms with Crippen LogP contribution in [0.5, 0.6) is 0 Å². The molecule has 0 saturated carbocycles. The molecule has 0 unspecified atom stereocenters. The second-order valence-electron chi connectivity index (χ2n) is 6.29. The minimum Gasteiger partial charge on any atom is -0.480 e. The van der Waals surface area contributed by atoms with Crippen LogP contribution < -0.4 is 5.32 Å². The fourth-order valence-electron chi connectivity index (χ4n) is 2.84. The molecular formula is C18H23NO5. The second kappa shape index (κ2) is 7.57. The molecule has 6 nitrogen and oxygen atoms in total. The van der Waals surface area contributed by atoms with Gasteiger partial charge in [0.05, 0.1) is 0 Å². The summed E-state index contributed by atoms with van der Waals surface area (Å²) in [6.07, 6.45) is 0.502. The van der Waals surface area contributed by atoms with E-state index >= 15 is 0 Å². The minimum absolute atomic E-state index is 0.0257. The highest BCUT2D eigenvalue weighted by atomic mass is 16.5. The summed E-state index contributed by atoms with van der Waals surface area (Å²) in [6, 6.07) is 5.62. The smallest absolute Gasteiger partial charge is 0.329 e. The third kappa shape index (κ3) is 4.20. The lowest BCUT2D eigenvalue weighted by molar-refractivity contribution is -0.152. The zero-order valence-electron chi connectivity index (χ0n) is 14.1. The molecule has 6 heteroatoms. The minimum atomic E-state index is -1.28. The van der Waals surface area contributed by atoms with E-state index in [0.29, 0.717) is 18.8 Å². The van der Waals surface area contributed by atoms with Gasteiger partial charge in [0.2, 0.25) is 5.91 Å². The number of nitrogens with one attached hydrogen (secondary N) is 1. The average Bonchev–Trinajstić information content (AvgIpc) is 2.55. The Hall–Kier alpha value is -2.21. The first-order chi connectivity index (χ1) is 11.3. The number of rotatable bonds is 6. The standard InChI is InChI=1S/C18H23NO5/c1-12-3-4-13(2)14(11-12)15(20)5-6-16(21)19-18(17(22)23)7-9-24-10-8-18/h3-4,11H,5-10H2,1-2H3,(H,19,21)(H,22,23). The number of benzene rings is 1. The summed E-state index contributed by atoms with van der Waals surface area (Å²) in [6.45, 7) is 4.36. The van der Waals surface area contributed by atoms with Gasteiger partial charge in [-0.3, -0.25) is 9.59 Å². The van der Waals surface area contributed by atoms with Crippen molar-refractivity contribution < 1.29 is 24.2 Å². The number of hydrogen-bond acceptors (Lipinski definition) is 4. The van der Waals surface area contributed by atoms with E-state index < -0.39 is 17.4 Å². The van der Waals surface area contributed by atoms with Gasteiger partial charge >= 0.3 is 5.97 Å². The molecule has 1 aromatic carbocycles. The highest BCUT2D eigenvalue weighted by Gasteiger charge is 2.41. The van der Waals surface area contributed by atoms with Crippen molar-refractivity contribution in [2.24, 2.45) is 0 Å². The van der Waals surface area contributed by atoms with E-state index in [1.165, 1.54) is 0 Å². The molecule has 0 atom stereocenters. The number of carbonyl (C=O) groups is 3. The fraction of sp³-hybridized carbons (Fsp3) is 0.500. The van der Waals surface area contributed by atoms with Gasteiger partial charge < -0.3 is 15.2 Å². The molecule has 0 bridgehead atoms. The zero-order valence-corrected chi connectivity index (χ0v) is 14.1. The third-order valence-corrected chi connectivity index (χ3v) is 4.41. The Morgan fingerprint density at radius 1 is 1.17 bits per heavy atom. The Labute approximate surface area is 141 Å². The molecule has 1 heterocycles. The van der Waals surface area contributed by atoms with Crippen LogP contribution in [0.2, 0.25) is 0 Å². The van der Waals surface area contributed by atoms with Gasteiger partial charge in [-0.05, 0) is 25.5 Å². The number of aryl methyl sites for hydroxylation is 2. The molecule has 1 aromatic rings. The lowest BCUT2D eigenvalue weighted by Crippen LogP contribution is -2.57. The summed E-state index contributed by atoms with van der Waals surface area (Å²) in [7, 11) is 0. The van der Waals surface area contributed by atoms with Crippen molar-refractivity contribution in [2.45, 2.75) is 45.1 Å². The highest BCUT2D eigenvalue weighted by molar-refractivity contribution is 5.99. The number of carboxylic acids is 1. The molecule has 1 fully saturated rings. The normalized spacial score (nSPS) is 16.4. The van der Waals surface area contributed by atoms with Gasteiger partial charge in [0.15, 0.2) is 5.78 Å². The van der Waals surface area contributed by atoms with Crippen LogP contribution in [0, 0.1) is 13.8 Å². The summed E-state index contributed by atoms with van der Waals surface area (Å²) in [5, 5.41) is 12.0. The molecule has 24 heavy (non-hydrogen) atoms. The average molecular weight is 333 g/mol. The molecule has 0 aliphatic carbocycles. The lowest BCUT2D eigenvalue weighted by Gasteiger charge is -2.33. The topological polar surface area (TPSA) is 92.7 Å². The zero-order chi connectivity index (χ0) is 17.7. The number of carboxylic acid groups (broad SMARTS) is 1. The van der Waals surface area contributed by atoms with Crippen molar-refractivity contribution in [1.82, 2.24) is 5.32 Å². The predicted octanol–water partition coefficient (Wildman–Crippen LogP) is 2.02. The molecule has 0 radical (unpaired) electrons. The second-order valence-corrected chi connectivity index (χ2v) is 6.29. The molecule has 1 aliphatic heterocycles. The molecule has 130 valence electrons. The van der Waals surface area contributed by atoms with E-state index in [9.17, 15) is 19.5 Å². The Morgan fingerprint density at radius 3 is 2.46 bits per heavy atom. The van der Waals surface area contributed by atoms with Crippen LogP contribution >= 0.6 is 0 Å². The van der Waals surface area contributed by atoms with Gasteiger partial charge in [-0.1, -0.05) is 17.7 Å². The van der Waals surface area contributed by atoms with Crippen molar-refractivity contribution in [3.8, 4) is 0 Å². The first-order valence-corrected chi connectivity index (χ1v) is 8.07. The molecule has 2 N–H and O–H groups in total. The quantitative estimate of drug-likeness (QED) is 0.777. The fourth-order valence-corrected chi connectivity index (χ4v) is 2.84. The van der Waals surface area contributed by atoms with E-state index in [1.807, 2.05) is 32.0 Å². The molecule has 0 aromatic heterocycles. The Balaban J connectivity index is 1.96. The van der Waals surface area contributed by atoms with Crippen molar-refractivity contribution in [1.29, 1.82) is 0 Å². The number of aliphatic carboxylic acids is 1. The summed E-state index contributed by atoms with van der Waals surface area (Å²) in [4.78, 5) is 36.0. The molecule has 0 spiro atoms. The van der Waals surface area contributed by atoms with E-state index in [1.54, 1.807) is 0 Å². The van der Waals surface area contributed by atoms with Gasteiger partial charge in [-0.2, -0.15) is 0 Å². The highest BCUT2D eigenvalue weighted by Crippen LogP contribution is 2.21.